The van der Waals surface area contributed by atoms with Crippen molar-refractivity contribution in [1.82, 2.24) is 10.3 Å². The number of hydrogen-bond acceptors (Lipinski definition) is 3. The predicted molar refractivity (Wildman–Crippen MR) is 57.8 cm³/mol. The zero-order valence-electron chi connectivity index (χ0n) is 9.24. The lowest BCUT2D eigenvalue weighted by Crippen LogP contribution is -2.21. The van der Waals surface area contributed by atoms with Crippen LogP contribution in [0.15, 0.2) is 12.3 Å². The molecule has 1 unspecified atom stereocenters. The second kappa shape index (κ2) is 4.89. The number of nitrogens with one attached hydrogen (secondary N) is 1. The van der Waals surface area contributed by atoms with Crippen molar-refractivity contribution in [1.29, 1.82) is 0 Å². The Labute approximate surface area is 89.3 Å². The minimum atomic E-state index is -0.811. The van der Waals surface area contributed by atoms with Gasteiger partial charge in [0.25, 0.3) is 0 Å². The molecule has 15 heavy (non-hydrogen) atoms. The van der Waals surface area contributed by atoms with E-state index in [2.05, 4.69) is 10.3 Å². The summed E-state index contributed by atoms with van der Waals surface area (Å²) in [6.07, 6.45) is 1.82. The monoisotopic (exact) mass is 208 g/mol. The molecule has 0 bridgehead atoms. The first-order valence-corrected chi connectivity index (χ1v) is 4.86. The molecule has 0 aliphatic carbocycles. The first kappa shape index (κ1) is 11.7. The molecule has 0 aromatic carbocycles. The van der Waals surface area contributed by atoms with E-state index in [4.69, 9.17) is 5.11 Å². The Morgan fingerprint density at radius 2 is 2.27 bits per heavy atom. The normalized spacial score (nSPS) is 12.5. The van der Waals surface area contributed by atoms with Crippen molar-refractivity contribution in [3.05, 3.63) is 29.1 Å². The molecule has 82 valence electrons. The molecule has 4 heteroatoms. The Morgan fingerprint density at radius 1 is 1.60 bits per heavy atom. The molecule has 1 heterocycles. The van der Waals surface area contributed by atoms with E-state index >= 15 is 0 Å². The van der Waals surface area contributed by atoms with Gasteiger partial charge in [0.2, 0.25) is 0 Å². The molecule has 0 amide bonds. The van der Waals surface area contributed by atoms with Crippen molar-refractivity contribution in [3.8, 4) is 0 Å². The fourth-order valence-electron chi connectivity index (χ4n) is 1.61. The van der Waals surface area contributed by atoms with Gasteiger partial charge in [-0.15, -0.1) is 0 Å². The van der Waals surface area contributed by atoms with Crippen LogP contribution < -0.4 is 5.32 Å². The molecule has 0 aliphatic heterocycles. The van der Waals surface area contributed by atoms with Crippen molar-refractivity contribution in [2.45, 2.75) is 26.3 Å². The van der Waals surface area contributed by atoms with Crippen molar-refractivity contribution in [2.75, 3.05) is 7.05 Å². The fraction of sp³-hybridized carbons (Fsp3) is 0.455. The molecule has 0 aliphatic rings. The molecule has 0 radical (unpaired) electrons. The Bertz CT molecular complexity index is 364. The third-order valence-electron chi connectivity index (χ3n) is 2.39. The van der Waals surface area contributed by atoms with Crippen LogP contribution in [0.25, 0.3) is 0 Å². The molecule has 1 rings (SSSR count). The standard InChI is InChI=1S/C11H16N2O2/c1-7-4-8(2)13-6-9(7)10(12-3)5-11(14)15/h4,6,10,12H,5H2,1-3H3,(H,14,15). The first-order chi connectivity index (χ1) is 7.04. The zero-order chi connectivity index (χ0) is 11.4. The van der Waals surface area contributed by atoms with E-state index in [1.165, 1.54) is 0 Å². The summed E-state index contributed by atoms with van der Waals surface area (Å²) in [6.45, 7) is 3.89. The number of nitrogens with zero attached hydrogens (tertiary/aromatic N) is 1. The van der Waals surface area contributed by atoms with Crippen LogP contribution in [-0.4, -0.2) is 23.1 Å². The Hall–Kier alpha value is -1.42. The molecular formula is C11H16N2O2. The number of aromatic nitrogens is 1. The maximum Gasteiger partial charge on any atom is 0.305 e. The second-order valence-corrected chi connectivity index (χ2v) is 3.62. The molecule has 0 saturated heterocycles. The van der Waals surface area contributed by atoms with Crippen LogP contribution >= 0.6 is 0 Å². The van der Waals surface area contributed by atoms with Gasteiger partial charge in [0.15, 0.2) is 0 Å². The summed E-state index contributed by atoms with van der Waals surface area (Å²) < 4.78 is 0. The van der Waals surface area contributed by atoms with Gasteiger partial charge in [-0.3, -0.25) is 9.78 Å². The molecule has 1 atom stereocenters. The quantitative estimate of drug-likeness (QED) is 0.785. The van der Waals surface area contributed by atoms with Crippen molar-refractivity contribution >= 4 is 5.97 Å². The topological polar surface area (TPSA) is 62.2 Å². The Kier molecular flexibility index (Phi) is 3.80. The van der Waals surface area contributed by atoms with Gasteiger partial charge < -0.3 is 10.4 Å². The average molecular weight is 208 g/mol. The summed E-state index contributed by atoms with van der Waals surface area (Å²) in [7, 11) is 1.76. The molecular weight excluding hydrogens is 192 g/mol. The summed E-state index contributed by atoms with van der Waals surface area (Å²) >= 11 is 0. The highest BCUT2D eigenvalue weighted by Gasteiger charge is 2.15. The van der Waals surface area contributed by atoms with E-state index < -0.39 is 5.97 Å². The summed E-state index contributed by atoms with van der Waals surface area (Å²) in [6, 6.07) is 1.79. The SMILES string of the molecule is CNC(CC(=O)O)c1cnc(C)cc1C. The van der Waals surface area contributed by atoms with E-state index in [1.54, 1.807) is 13.2 Å². The van der Waals surface area contributed by atoms with Crippen molar-refractivity contribution < 1.29 is 9.90 Å². The minimum Gasteiger partial charge on any atom is -0.481 e. The molecule has 1 aromatic heterocycles. The summed E-state index contributed by atoms with van der Waals surface area (Å²) in [5.41, 5.74) is 2.97. The minimum absolute atomic E-state index is 0.0715. The van der Waals surface area contributed by atoms with E-state index in [0.717, 1.165) is 16.8 Å². The van der Waals surface area contributed by atoms with Gasteiger partial charge in [-0.1, -0.05) is 0 Å². The summed E-state index contributed by atoms with van der Waals surface area (Å²) in [4.78, 5) is 14.8. The predicted octanol–water partition coefficient (Wildman–Crippen LogP) is 1.43. The number of carboxylic acids is 1. The summed E-state index contributed by atoms with van der Waals surface area (Å²) in [5.74, 6) is -0.811. The highest BCUT2D eigenvalue weighted by atomic mass is 16.4. The molecule has 4 nitrogen and oxygen atoms in total. The summed E-state index contributed by atoms with van der Waals surface area (Å²) in [5, 5.41) is 11.8. The molecule has 2 N–H and O–H groups in total. The van der Waals surface area contributed by atoms with E-state index in [9.17, 15) is 4.79 Å². The zero-order valence-corrected chi connectivity index (χ0v) is 9.24. The molecule has 0 fully saturated rings. The third kappa shape index (κ3) is 3.02. The van der Waals surface area contributed by atoms with Crippen LogP contribution in [-0.2, 0) is 4.79 Å². The largest absolute Gasteiger partial charge is 0.481 e. The number of carboxylic acid groups (broad SMARTS) is 1. The van der Waals surface area contributed by atoms with E-state index in [0.29, 0.717) is 0 Å². The van der Waals surface area contributed by atoms with E-state index in [-0.39, 0.29) is 12.5 Å². The highest BCUT2D eigenvalue weighted by molar-refractivity contribution is 5.68. The Balaban J connectivity index is 2.96. The smallest absolute Gasteiger partial charge is 0.305 e. The lowest BCUT2D eigenvalue weighted by molar-refractivity contribution is -0.137. The molecule has 0 saturated carbocycles. The van der Waals surface area contributed by atoms with Crippen molar-refractivity contribution in [2.24, 2.45) is 0 Å². The van der Waals surface area contributed by atoms with Crippen LogP contribution in [0.2, 0.25) is 0 Å². The Morgan fingerprint density at radius 3 is 2.73 bits per heavy atom. The number of carbonyl (C=O) groups is 1. The maximum atomic E-state index is 10.7. The number of aliphatic carboxylic acids is 1. The number of aryl methyl sites for hydroxylation is 2. The van der Waals surface area contributed by atoms with Gasteiger partial charge in [0, 0.05) is 17.9 Å². The van der Waals surface area contributed by atoms with Crippen molar-refractivity contribution in [3.63, 3.8) is 0 Å². The van der Waals surface area contributed by atoms with Crippen LogP contribution in [0.3, 0.4) is 0 Å². The van der Waals surface area contributed by atoms with Crippen LogP contribution in [0, 0.1) is 13.8 Å². The van der Waals surface area contributed by atoms with Crippen LogP contribution in [0.4, 0.5) is 0 Å². The maximum absolute atomic E-state index is 10.7. The highest BCUT2D eigenvalue weighted by Crippen LogP contribution is 2.19. The fourth-order valence-corrected chi connectivity index (χ4v) is 1.61. The van der Waals surface area contributed by atoms with Gasteiger partial charge in [-0.25, -0.2) is 0 Å². The first-order valence-electron chi connectivity index (χ1n) is 4.86. The number of hydrogen-bond donors (Lipinski definition) is 2. The van der Waals surface area contributed by atoms with Gasteiger partial charge >= 0.3 is 5.97 Å². The van der Waals surface area contributed by atoms with Gasteiger partial charge in [-0.05, 0) is 38.1 Å². The van der Waals surface area contributed by atoms with Crippen LogP contribution in [0.1, 0.15) is 29.3 Å². The van der Waals surface area contributed by atoms with Gasteiger partial charge in [0.05, 0.1) is 6.42 Å². The van der Waals surface area contributed by atoms with Gasteiger partial charge in [0.1, 0.15) is 0 Å². The second-order valence-electron chi connectivity index (χ2n) is 3.62. The van der Waals surface area contributed by atoms with Crippen LogP contribution in [0.5, 0.6) is 0 Å². The average Bonchev–Trinajstić information content (AvgIpc) is 2.14. The van der Waals surface area contributed by atoms with Gasteiger partial charge in [-0.2, -0.15) is 0 Å². The lowest BCUT2D eigenvalue weighted by Gasteiger charge is -2.16. The molecule has 1 aromatic rings. The lowest BCUT2D eigenvalue weighted by atomic mass is 10.0. The molecule has 0 spiro atoms. The number of pyridine rings is 1. The third-order valence-corrected chi connectivity index (χ3v) is 2.39. The van der Waals surface area contributed by atoms with E-state index in [1.807, 2.05) is 19.9 Å². The number of rotatable bonds is 4.